The summed E-state index contributed by atoms with van der Waals surface area (Å²) in [5.74, 6) is 2.52. The molecule has 0 aromatic rings. The van der Waals surface area contributed by atoms with Crippen LogP contribution < -0.4 is 0 Å². The van der Waals surface area contributed by atoms with Crippen molar-refractivity contribution in [2.24, 2.45) is 17.8 Å². The fourth-order valence-corrected chi connectivity index (χ4v) is 4.01. The van der Waals surface area contributed by atoms with Crippen LogP contribution in [-0.4, -0.2) is 58.6 Å². The van der Waals surface area contributed by atoms with Gasteiger partial charge >= 0.3 is 0 Å². The van der Waals surface area contributed by atoms with Crippen LogP contribution in [0.2, 0.25) is 0 Å². The largest absolute Gasteiger partial charge is 0.394 e. The molecule has 0 spiro atoms. The van der Waals surface area contributed by atoms with E-state index in [1.807, 2.05) is 0 Å². The molecule has 0 saturated carbocycles. The fourth-order valence-electron chi connectivity index (χ4n) is 4.01. The number of ether oxygens (including phenoxy) is 1. The van der Waals surface area contributed by atoms with E-state index in [0.717, 1.165) is 37.0 Å². The molecule has 192 valence electrons. The molecule has 5 heteroatoms. The second-order valence-electron chi connectivity index (χ2n) is 10.4. The maximum atomic E-state index is 9.68. The highest BCUT2D eigenvalue weighted by Gasteiger charge is 2.23. The molecule has 0 bridgehead atoms. The highest BCUT2D eigenvalue weighted by Crippen LogP contribution is 2.22. The summed E-state index contributed by atoms with van der Waals surface area (Å²) >= 11 is 0. The van der Waals surface area contributed by atoms with Crippen LogP contribution in [-0.2, 0) is 4.74 Å². The van der Waals surface area contributed by atoms with E-state index in [-0.39, 0.29) is 6.61 Å². The quantitative estimate of drug-likeness (QED) is 0.139. The van der Waals surface area contributed by atoms with Crippen molar-refractivity contribution in [2.45, 2.75) is 124 Å². The zero-order chi connectivity index (χ0) is 24.4. The molecule has 0 amide bonds. The number of rotatable bonds is 21. The van der Waals surface area contributed by atoms with Crippen LogP contribution in [0, 0.1) is 17.8 Å². The molecule has 5 atom stereocenters. The van der Waals surface area contributed by atoms with Gasteiger partial charge in [0.25, 0.3) is 0 Å². The molecule has 0 aromatic carbocycles. The second-order valence-corrected chi connectivity index (χ2v) is 10.4. The van der Waals surface area contributed by atoms with Gasteiger partial charge in [-0.25, -0.2) is 0 Å². The first-order chi connectivity index (χ1) is 15.2. The van der Waals surface area contributed by atoms with Gasteiger partial charge < -0.3 is 25.2 Å². The monoisotopic (exact) mass is 458 g/mol. The van der Waals surface area contributed by atoms with E-state index >= 15 is 0 Å². The molecular weight excluding hydrogens is 404 g/mol. The van der Waals surface area contributed by atoms with Crippen LogP contribution in [0.5, 0.6) is 0 Å². The number of aliphatic hydroxyl groups excluding tert-OH is 4. The number of allylic oxidation sites excluding steroid dienone is 2. The van der Waals surface area contributed by atoms with Gasteiger partial charge in [0.05, 0.1) is 13.2 Å². The topological polar surface area (TPSA) is 90.2 Å². The molecule has 2 unspecified atom stereocenters. The zero-order valence-corrected chi connectivity index (χ0v) is 21.6. The summed E-state index contributed by atoms with van der Waals surface area (Å²) in [6.45, 7) is 11.5. The molecule has 0 rings (SSSR count). The Bertz CT molecular complexity index is 451. The average molecular weight is 459 g/mol. The first kappa shape index (κ1) is 31.5. The van der Waals surface area contributed by atoms with Crippen molar-refractivity contribution in [2.75, 3.05) is 19.8 Å². The summed E-state index contributed by atoms with van der Waals surface area (Å²) in [5.41, 5.74) is 1.43. The normalized spacial score (nSPS) is 17.4. The first-order valence-electron chi connectivity index (χ1n) is 13.1. The average Bonchev–Trinajstić information content (AvgIpc) is 2.74. The molecule has 0 radical (unpaired) electrons. The van der Waals surface area contributed by atoms with E-state index in [2.05, 4.69) is 40.7 Å². The number of hydrogen-bond donors (Lipinski definition) is 4. The minimum Gasteiger partial charge on any atom is -0.394 e. The minimum atomic E-state index is -1.39. The van der Waals surface area contributed by atoms with Gasteiger partial charge in [-0.1, -0.05) is 84.3 Å². The van der Waals surface area contributed by atoms with Crippen molar-refractivity contribution >= 4 is 0 Å². The summed E-state index contributed by atoms with van der Waals surface area (Å²) in [7, 11) is 0. The van der Waals surface area contributed by atoms with Gasteiger partial charge in [0, 0.05) is 6.61 Å². The first-order valence-corrected chi connectivity index (χ1v) is 13.1. The van der Waals surface area contributed by atoms with Crippen molar-refractivity contribution in [3.63, 3.8) is 0 Å². The predicted molar refractivity (Wildman–Crippen MR) is 134 cm³/mol. The van der Waals surface area contributed by atoms with Crippen LogP contribution in [0.4, 0.5) is 0 Å². The van der Waals surface area contributed by atoms with Crippen molar-refractivity contribution in [1.82, 2.24) is 0 Å². The summed E-state index contributed by atoms with van der Waals surface area (Å²) in [4.78, 5) is 0. The lowest BCUT2D eigenvalue weighted by atomic mass is 9.91. The molecule has 32 heavy (non-hydrogen) atoms. The lowest BCUT2D eigenvalue weighted by Gasteiger charge is -2.21. The van der Waals surface area contributed by atoms with E-state index < -0.39 is 24.9 Å². The van der Waals surface area contributed by atoms with Crippen LogP contribution >= 0.6 is 0 Å². The fraction of sp³-hybridized carbons (Fsp3) is 0.926. The summed E-state index contributed by atoms with van der Waals surface area (Å²) in [5, 5.41) is 37.3. The lowest BCUT2D eigenvalue weighted by molar-refractivity contribution is -0.0996. The smallest absolute Gasteiger partial charge is 0.110 e. The summed E-state index contributed by atoms with van der Waals surface area (Å²) in [6.07, 6.45) is 12.1. The Morgan fingerprint density at radius 1 is 0.781 bits per heavy atom. The maximum Gasteiger partial charge on any atom is 0.110 e. The molecule has 0 heterocycles. The highest BCUT2D eigenvalue weighted by molar-refractivity contribution is 4.97. The molecule has 0 fully saturated rings. The molecule has 4 N–H and O–H groups in total. The van der Waals surface area contributed by atoms with Crippen LogP contribution in [0.15, 0.2) is 11.6 Å². The molecule has 0 aliphatic carbocycles. The van der Waals surface area contributed by atoms with Gasteiger partial charge in [-0.15, -0.1) is 0 Å². The van der Waals surface area contributed by atoms with E-state index in [9.17, 15) is 15.3 Å². The van der Waals surface area contributed by atoms with Gasteiger partial charge in [-0.3, -0.25) is 0 Å². The molecule has 0 aliphatic heterocycles. The van der Waals surface area contributed by atoms with Gasteiger partial charge in [0.15, 0.2) is 0 Å². The van der Waals surface area contributed by atoms with Crippen LogP contribution in [0.3, 0.4) is 0 Å². The molecular formula is C27H54O5. The van der Waals surface area contributed by atoms with E-state index in [4.69, 9.17) is 9.84 Å². The van der Waals surface area contributed by atoms with Gasteiger partial charge in [0.1, 0.15) is 18.3 Å². The SMILES string of the molecule is CC(=CCCCOC[C@H](O)[C@@H](O)[C@H](O)CO)CCCC(C)CCCC(C)CCCC(C)C. The van der Waals surface area contributed by atoms with E-state index in [0.29, 0.717) is 6.61 Å². The van der Waals surface area contributed by atoms with Crippen molar-refractivity contribution in [3.05, 3.63) is 11.6 Å². The highest BCUT2D eigenvalue weighted by atomic mass is 16.5. The molecule has 0 aromatic heterocycles. The second kappa shape index (κ2) is 20.0. The van der Waals surface area contributed by atoms with Gasteiger partial charge in [0.2, 0.25) is 0 Å². The Labute approximate surface area is 198 Å². The lowest BCUT2D eigenvalue weighted by Crippen LogP contribution is -2.41. The predicted octanol–water partition coefficient (Wildman–Crippen LogP) is 5.24. The van der Waals surface area contributed by atoms with Crippen LogP contribution in [0.1, 0.15) is 105 Å². The number of aliphatic hydroxyl groups is 4. The zero-order valence-electron chi connectivity index (χ0n) is 21.6. The Morgan fingerprint density at radius 2 is 1.34 bits per heavy atom. The Morgan fingerprint density at radius 3 is 1.91 bits per heavy atom. The van der Waals surface area contributed by atoms with E-state index in [1.54, 1.807) is 0 Å². The molecule has 0 saturated heterocycles. The third-order valence-electron chi connectivity index (χ3n) is 6.39. The van der Waals surface area contributed by atoms with Crippen molar-refractivity contribution < 1.29 is 25.2 Å². The maximum absolute atomic E-state index is 9.68. The summed E-state index contributed by atoms with van der Waals surface area (Å²) < 4.78 is 5.36. The van der Waals surface area contributed by atoms with Crippen LogP contribution in [0.25, 0.3) is 0 Å². The minimum absolute atomic E-state index is 0.0461. The molecule has 5 nitrogen and oxygen atoms in total. The Kier molecular flexibility index (Phi) is 19.7. The summed E-state index contributed by atoms with van der Waals surface area (Å²) in [6, 6.07) is 0. The third kappa shape index (κ3) is 18.0. The van der Waals surface area contributed by atoms with Crippen molar-refractivity contribution in [1.29, 1.82) is 0 Å². The molecule has 0 aliphatic rings. The standard InChI is InChI=1S/C27H54O5/c1-21(2)11-8-13-23(4)15-10-17-24(5)16-9-14-22(3)12-6-7-18-32-20-26(30)27(31)25(29)19-28/h12,21,23-31H,6-11,13-20H2,1-5H3/t23?,24?,25-,26+,27+/m1/s1. The van der Waals surface area contributed by atoms with Crippen molar-refractivity contribution in [3.8, 4) is 0 Å². The van der Waals surface area contributed by atoms with E-state index in [1.165, 1.54) is 56.9 Å². The Hall–Kier alpha value is -0.460. The van der Waals surface area contributed by atoms with Gasteiger partial charge in [-0.05, 0) is 50.4 Å². The Balaban J connectivity index is 3.71. The number of unbranched alkanes of at least 4 members (excludes halogenated alkanes) is 1. The van der Waals surface area contributed by atoms with Gasteiger partial charge in [-0.2, -0.15) is 0 Å². The third-order valence-corrected chi connectivity index (χ3v) is 6.39. The number of hydrogen-bond acceptors (Lipinski definition) is 5.